The second-order valence-corrected chi connectivity index (χ2v) is 12.0. The number of nitriles is 2. The molecular weight excluding hydrogens is 328 g/mol. The van der Waals surface area contributed by atoms with Crippen molar-refractivity contribution >= 4 is 14.0 Å². The molecule has 132 valence electrons. The summed E-state index contributed by atoms with van der Waals surface area (Å²) in [4.78, 5) is 12.0. The molecule has 0 unspecified atom stereocenters. The second-order valence-electron chi connectivity index (χ2n) is 7.28. The maximum atomic E-state index is 12.0. The smallest absolute Gasteiger partial charge is 0.309 e. The quantitative estimate of drug-likeness (QED) is 0.324. The van der Waals surface area contributed by atoms with E-state index in [1.165, 1.54) is 0 Å². The van der Waals surface area contributed by atoms with Gasteiger partial charge in [0.2, 0.25) is 0 Å². The number of allylic oxidation sites excluding steroid dienone is 3. The zero-order valence-electron chi connectivity index (χ0n) is 15.6. The third kappa shape index (κ3) is 5.35. The van der Waals surface area contributed by atoms with Gasteiger partial charge in [0, 0.05) is 12.3 Å². The molecule has 4 nitrogen and oxygen atoms in total. The highest BCUT2D eigenvalue weighted by Gasteiger charge is 2.41. The first kappa shape index (κ1) is 20.8. The molecule has 0 fully saturated rings. The van der Waals surface area contributed by atoms with E-state index in [1.54, 1.807) is 13.0 Å². The molecule has 1 rings (SSSR count). The molecule has 0 spiro atoms. The van der Waals surface area contributed by atoms with E-state index in [9.17, 15) is 15.3 Å². The Morgan fingerprint density at radius 1 is 1.44 bits per heavy atom. The summed E-state index contributed by atoms with van der Waals surface area (Å²) in [7, 11) is -1.57. The molecule has 0 aromatic carbocycles. The van der Waals surface area contributed by atoms with Crippen LogP contribution in [-0.2, 0) is 9.53 Å². The van der Waals surface area contributed by atoms with Crippen LogP contribution in [0.2, 0.25) is 19.6 Å². The summed E-state index contributed by atoms with van der Waals surface area (Å²) >= 11 is 0. The van der Waals surface area contributed by atoms with Gasteiger partial charge in [-0.2, -0.15) is 10.5 Å². The van der Waals surface area contributed by atoms with Crippen LogP contribution < -0.4 is 0 Å². The van der Waals surface area contributed by atoms with Gasteiger partial charge in [-0.15, -0.1) is 18.0 Å². The third-order valence-corrected chi connectivity index (χ3v) is 5.08. The highest BCUT2D eigenvalue weighted by atomic mass is 28.3. The van der Waals surface area contributed by atoms with Gasteiger partial charge in [-0.05, 0) is 25.3 Å². The van der Waals surface area contributed by atoms with Crippen LogP contribution in [0.1, 0.15) is 26.2 Å². The van der Waals surface area contributed by atoms with Crippen molar-refractivity contribution in [3.8, 4) is 23.6 Å². The Kier molecular flexibility index (Phi) is 7.22. The lowest BCUT2D eigenvalue weighted by Crippen LogP contribution is -2.31. The average molecular weight is 355 g/mol. The van der Waals surface area contributed by atoms with E-state index in [0.29, 0.717) is 19.4 Å². The Bertz CT molecular complexity index is 678. The summed E-state index contributed by atoms with van der Waals surface area (Å²) in [6.45, 7) is 12.3. The molecule has 1 aliphatic carbocycles. The Balaban J connectivity index is 3.16. The van der Waals surface area contributed by atoms with E-state index in [1.807, 2.05) is 6.08 Å². The van der Waals surface area contributed by atoms with Crippen LogP contribution >= 0.6 is 0 Å². The van der Waals surface area contributed by atoms with Crippen LogP contribution in [0.5, 0.6) is 0 Å². The summed E-state index contributed by atoms with van der Waals surface area (Å²) in [5, 5.41) is 19.5. The predicted molar refractivity (Wildman–Crippen MR) is 101 cm³/mol. The lowest BCUT2D eigenvalue weighted by molar-refractivity contribution is -0.148. The van der Waals surface area contributed by atoms with Crippen LogP contribution in [0.3, 0.4) is 0 Å². The van der Waals surface area contributed by atoms with Gasteiger partial charge in [0.1, 0.15) is 8.07 Å². The van der Waals surface area contributed by atoms with Crippen molar-refractivity contribution in [3.63, 3.8) is 0 Å². The van der Waals surface area contributed by atoms with E-state index in [4.69, 9.17) is 4.74 Å². The minimum Gasteiger partial charge on any atom is -0.466 e. The molecule has 0 N–H and O–H groups in total. The van der Waals surface area contributed by atoms with Crippen LogP contribution in [0, 0.1) is 51.4 Å². The number of rotatable bonds is 5. The van der Waals surface area contributed by atoms with E-state index in [2.05, 4.69) is 49.8 Å². The number of hydrogen-bond acceptors (Lipinski definition) is 4. The number of hydrogen-bond donors (Lipinski definition) is 0. The van der Waals surface area contributed by atoms with Gasteiger partial charge in [-0.25, -0.2) is 0 Å². The summed E-state index contributed by atoms with van der Waals surface area (Å²) < 4.78 is 5.10. The molecule has 0 saturated heterocycles. The van der Waals surface area contributed by atoms with Gasteiger partial charge in [0.05, 0.1) is 24.7 Å². The van der Waals surface area contributed by atoms with Crippen LogP contribution in [-0.4, -0.2) is 20.7 Å². The molecule has 0 amide bonds. The fraction of sp³-hybridized carbons (Fsp3) is 0.550. The number of esters is 1. The average Bonchev–Trinajstić information content (AvgIpc) is 2.58. The summed E-state index contributed by atoms with van der Waals surface area (Å²) in [5.41, 5.74) is 2.65. The van der Waals surface area contributed by atoms with Gasteiger partial charge >= 0.3 is 5.97 Å². The number of ether oxygens (including phenoxy) is 1. The zero-order valence-corrected chi connectivity index (χ0v) is 16.6. The van der Waals surface area contributed by atoms with Crippen molar-refractivity contribution in [1.82, 2.24) is 0 Å². The third-order valence-electron chi connectivity index (χ3n) is 4.16. The first-order valence-electron chi connectivity index (χ1n) is 8.55. The summed E-state index contributed by atoms with van der Waals surface area (Å²) in [6.07, 6.45) is 4.74. The number of carbonyl (C=O) groups is 1. The zero-order chi connectivity index (χ0) is 19.1. The van der Waals surface area contributed by atoms with Crippen LogP contribution in [0.15, 0.2) is 24.3 Å². The maximum absolute atomic E-state index is 12.0. The monoisotopic (exact) mass is 354 g/mol. The standard InChI is InChI=1S/C20H26N2O2Si/c1-6-16-13-17(19(23)24-7-2)9-10-18(16)20(14-21,15-22)11-8-12-25(3,4)5/h6,10,16-17H,1,7,9,11,13H2,2-5H3/t16-,17+/m1/s1. The van der Waals surface area contributed by atoms with Gasteiger partial charge in [0.15, 0.2) is 5.41 Å². The molecule has 0 aromatic heterocycles. The summed E-state index contributed by atoms with van der Waals surface area (Å²) in [6, 6.07) is 4.35. The normalized spacial score (nSPS) is 20.2. The molecule has 2 atom stereocenters. The molecule has 0 aromatic rings. The number of nitrogens with zero attached hydrogens (tertiary/aromatic N) is 2. The Morgan fingerprint density at radius 3 is 2.56 bits per heavy atom. The van der Waals surface area contributed by atoms with Gasteiger partial charge in [0.25, 0.3) is 0 Å². The van der Waals surface area contributed by atoms with E-state index in [0.717, 1.165) is 5.57 Å². The van der Waals surface area contributed by atoms with Crippen molar-refractivity contribution < 1.29 is 9.53 Å². The van der Waals surface area contributed by atoms with Crippen molar-refractivity contribution in [2.75, 3.05) is 6.61 Å². The van der Waals surface area contributed by atoms with Crippen LogP contribution in [0.4, 0.5) is 0 Å². The molecular formula is C20H26N2O2Si. The molecule has 0 heterocycles. The van der Waals surface area contributed by atoms with Crippen molar-refractivity contribution in [3.05, 3.63) is 24.3 Å². The van der Waals surface area contributed by atoms with Crippen molar-refractivity contribution in [1.29, 1.82) is 10.5 Å². The highest BCUT2D eigenvalue weighted by Crippen LogP contribution is 2.42. The first-order valence-corrected chi connectivity index (χ1v) is 12.0. The molecule has 25 heavy (non-hydrogen) atoms. The number of carbonyl (C=O) groups excluding carboxylic acids is 1. The van der Waals surface area contributed by atoms with Crippen molar-refractivity contribution in [2.24, 2.45) is 17.3 Å². The van der Waals surface area contributed by atoms with Gasteiger partial charge in [-0.1, -0.05) is 31.8 Å². The fourth-order valence-corrected chi connectivity index (χ4v) is 3.51. The minimum atomic E-state index is -1.57. The lowest BCUT2D eigenvalue weighted by Gasteiger charge is -2.32. The molecule has 1 aliphatic rings. The molecule has 0 bridgehead atoms. The minimum absolute atomic E-state index is 0.185. The Hall–Kier alpha value is -2.29. The largest absolute Gasteiger partial charge is 0.466 e. The lowest BCUT2D eigenvalue weighted by atomic mass is 9.68. The van der Waals surface area contributed by atoms with E-state index >= 15 is 0 Å². The summed E-state index contributed by atoms with van der Waals surface area (Å²) in [5.74, 6) is 2.38. The second kappa shape index (κ2) is 8.70. The SMILES string of the molecule is C=C[C@@H]1C[C@@H](C(=O)OCC)CC=C1C(C#N)(C#N)CC#C[Si](C)(C)C. The Labute approximate surface area is 152 Å². The predicted octanol–water partition coefficient (Wildman–Crippen LogP) is 3.99. The molecule has 0 aliphatic heterocycles. The topological polar surface area (TPSA) is 73.9 Å². The van der Waals surface area contributed by atoms with Gasteiger partial charge in [-0.3, -0.25) is 4.79 Å². The van der Waals surface area contributed by atoms with Gasteiger partial charge < -0.3 is 4.74 Å². The fourth-order valence-electron chi connectivity index (χ4n) is 2.89. The molecule has 0 radical (unpaired) electrons. The Morgan fingerprint density at radius 2 is 2.08 bits per heavy atom. The highest BCUT2D eigenvalue weighted by molar-refractivity contribution is 6.83. The van der Waals surface area contributed by atoms with Crippen LogP contribution in [0.25, 0.3) is 0 Å². The molecule has 0 saturated carbocycles. The van der Waals surface area contributed by atoms with E-state index < -0.39 is 13.5 Å². The first-order chi connectivity index (χ1) is 11.7. The van der Waals surface area contributed by atoms with Crippen molar-refractivity contribution in [2.45, 2.75) is 45.8 Å². The molecule has 5 heteroatoms. The maximum Gasteiger partial charge on any atom is 0.309 e. The van der Waals surface area contributed by atoms with E-state index in [-0.39, 0.29) is 24.2 Å².